The Hall–Kier alpha value is -2.63. The molecule has 0 bridgehead atoms. The van der Waals surface area contributed by atoms with E-state index < -0.39 is 5.97 Å². The second-order valence-corrected chi connectivity index (χ2v) is 4.30. The van der Waals surface area contributed by atoms with E-state index in [9.17, 15) is 4.79 Å². The second-order valence-electron chi connectivity index (χ2n) is 3.31. The highest BCUT2D eigenvalue weighted by atomic mass is 32.2. The molecule has 0 saturated carbocycles. The number of hydrogen-bond donors (Lipinski definition) is 1. The molecule has 0 radical (unpaired) electrons. The molecule has 0 atom stereocenters. The van der Waals surface area contributed by atoms with Crippen LogP contribution in [-0.2, 0) is 11.3 Å². The molecule has 3 aromatic heterocycles. The second kappa shape index (κ2) is 4.56. The van der Waals surface area contributed by atoms with E-state index in [1.165, 1.54) is 16.9 Å². The Labute approximate surface area is 108 Å². The summed E-state index contributed by atoms with van der Waals surface area (Å²) in [5.74, 6) is -1.03. The summed E-state index contributed by atoms with van der Waals surface area (Å²) in [5, 5.41) is 31.5. The summed E-state index contributed by atoms with van der Waals surface area (Å²) in [6.07, 6.45) is 3.04. The molecule has 0 saturated heterocycles. The molecule has 19 heavy (non-hydrogen) atoms. The Kier molecular flexibility index (Phi) is 2.75. The number of rotatable bonds is 4. The van der Waals surface area contributed by atoms with Gasteiger partial charge in [0.05, 0.1) is 12.4 Å². The maximum absolute atomic E-state index is 10.7. The molecular formula is C7H5N9O2S. The van der Waals surface area contributed by atoms with E-state index in [0.717, 1.165) is 16.4 Å². The lowest BCUT2D eigenvalue weighted by molar-refractivity contribution is -0.138. The fourth-order valence-electron chi connectivity index (χ4n) is 1.31. The highest BCUT2D eigenvalue weighted by Gasteiger charge is 2.14. The molecule has 0 spiro atoms. The molecule has 3 aromatic rings. The normalized spacial score (nSPS) is 10.9. The van der Waals surface area contributed by atoms with Crippen molar-refractivity contribution in [1.29, 1.82) is 0 Å². The van der Waals surface area contributed by atoms with E-state index in [-0.39, 0.29) is 6.54 Å². The average molecular weight is 279 g/mol. The number of aliphatic carboxylic acids is 1. The molecule has 3 rings (SSSR count). The van der Waals surface area contributed by atoms with Crippen molar-refractivity contribution in [3.63, 3.8) is 0 Å². The molecule has 0 aromatic carbocycles. The first-order valence-electron chi connectivity index (χ1n) is 4.92. The summed E-state index contributed by atoms with van der Waals surface area (Å²) in [5.41, 5.74) is 0.474. The van der Waals surface area contributed by atoms with Crippen LogP contribution in [-0.4, -0.2) is 56.3 Å². The van der Waals surface area contributed by atoms with Gasteiger partial charge in [-0.3, -0.25) is 9.78 Å². The van der Waals surface area contributed by atoms with Crippen molar-refractivity contribution >= 4 is 23.4 Å². The maximum Gasteiger partial charge on any atom is 0.325 e. The molecule has 0 aliphatic rings. The van der Waals surface area contributed by atoms with Crippen LogP contribution in [0.3, 0.4) is 0 Å². The van der Waals surface area contributed by atoms with Gasteiger partial charge in [-0.2, -0.15) is 4.52 Å². The van der Waals surface area contributed by atoms with Crippen molar-refractivity contribution in [2.45, 2.75) is 16.7 Å². The topological polar surface area (TPSA) is 137 Å². The van der Waals surface area contributed by atoms with E-state index in [2.05, 4.69) is 36.0 Å². The Bertz CT molecular complexity index is 737. The van der Waals surface area contributed by atoms with Gasteiger partial charge in [0.15, 0.2) is 5.65 Å². The van der Waals surface area contributed by atoms with E-state index in [1.807, 2.05) is 0 Å². The third-order valence-corrected chi connectivity index (χ3v) is 3.02. The number of nitrogens with zero attached hydrogens (tertiary/aromatic N) is 9. The third kappa shape index (κ3) is 2.20. The first-order chi connectivity index (χ1) is 9.24. The van der Waals surface area contributed by atoms with Crippen LogP contribution in [0.2, 0.25) is 0 Å². The van der Waals surface area contributed by atoms with Crippen LogP contribution in [0.15, 0.2) is 22.6 Å². The van der Waals surface area contributed by atoms with Crippen LogP contribution in [0, 0.1) is 0 Å². The van der Waals surface area contributed by atoms with Crippen molar-refractivity contribution in [2.75, 3.05) is 0 Å². The van der Waals surface area contributed by atoms with Crippen LogP contribution in [0.1, 0.15) is 0 Å². The Morgan fingerprint density at radius 1 is 1.26 bits per heavy atom. The lowest BCUT2D eigenvalue weighted by atomic mass is 10.7. The number of hydrogen-bond acceptors (Lipinski definition) is 9. The number of aromatic nitrogens is 9. The summed E-state index contributed by atoms with van der Waals surface area (Å²) in [6.45, 7) is -0.325. The largest absolute Gasteiger partial charge is 0.480 e. The SMILES string of the molecule is O=C(O)Cn1nnnc1Sc1cncc2nnnn12. The van der Waals surface area contributed by atoms with Crippen LogP contribution < -0.4 is 0 Å². The number of carboxylic acids is 1. The van der Waals surface area contributed by atoms with Gasteiger partial charge in [0, 0.05) is 0 Å². The van der Waals surface area contributed by atoms with Crippen LogP contribution in [0.5, 0.6) is 0 Å². The number of fused-ring (bicyclic) bond motifs is 1. The lowest BCUT2D eigenvalue weighted by Gasteiger charge is -2.01. The minimum absolute atomic E-state index is 0.312. The molecular weight excluding hydrogens is 274 g/mol. The molecule has 0 aliphatic carbocycles. The molecule has 3 heterocycles. The lowest BCUT2D eigenvalue weighted by Crippen LogP contribution is -2.11. The number of tetrazole rings is 2. The molecule has 0 unspecified atom stereocenters. The Morgan fingerprint density at radius 2 is 2.11 bits per heavy atom. The zero-order chi connectivity index (χ0) is 13.2. The fourth-order valence-corrected chi connectivity index (χ4v) is 2.11. The first kappa shape index (κ1) is 11.5. The van der Waals surface area contributed by atoms with Gasteiger partial charge in [0.1, 0.15) is 11.6 Å². The summed E-state index contributed by atoms with van der Waals surface area (Å²) < 4.78 is 2.62. The predicted octanol–water partition coefficient (Wildman–Crippen LogP) is -1.26. The Morgan fingerprint density at radius 3 is 2.95 bits per heavy atom. The van der Waals surface area contributed by atoms with E-state index in [4.69, 9.17) is 5.11 Å². The molecule has 96 valence electrons. The highest BCUT2D eigenvalue weighted by molar-refractivity contribution is 7.99. The smallest absolute Gasteiger partial charge is 0.325 e. The minimum atomic E-state index is -1.03. The minimum Gasteiger partial charge on any atom is -0.480 e. The van der Waals surface area contributed by atoms with Crippen LogP contribution >= 0.6 is 11.8 Å². The van der Waals surface area contributed by atoms with Crippen molar-refractivity contribution < 1.29 is 9.90 Å². The third-order valence-electron chi connectivity index (χ3n) is 2.06. The number of carbonyl (C=O) groups is 1. The van der Waals surface area contributed by atoms with E-state index in [0.29, 0.717) is 15.8 Å². The van der Waals surface area contributed by atoms with Gasteiger partial charge < -0.3 is 5.11 Å². The summed E-state index contributed by atoms with van der Waals surface area (Å²) in [6, 6.07) is 0. The first-order valence-corrected chi connectivity index (χ1v) is 5.73. The summed E-state index contributed by atoms with van der Waals surface area (Å²) in [7, 11) is 0. The van der Waals surface area contributed by atoms with Crippen molar-refractivity contribution in [2.24, 2.45) is 0 Å². The molecule has 12 heteroatoms. The maximum atomic E-state index is 10.7. The van der Waals surface area contributed by atoms with Gasteiger partial charge >= 0.3 is 5.97 Å². The van der Waals surface area contributed by atoms with Crippen LogP contribution in [0.4, 0.5) is 0 Å². The average Bonchev–Trinajstić information content (AvgIpc) is 2.99. The van der Waals surface area contributed by atoms with Gasteiger partial charge in [-0.15, -0.1) is 10.2 Å². The fraction of sp³-hybridized carbons (Fsp3) is 0.143. The quantitative estimate of drug-likeness (QED) is 0.615. The Balaban J connectivity index is 1.95. The molecule has 1 N–H and O–H groups in total. The molecule has 0 amide bonds. The van der Waals surface area contributed by atoms with Gasteiger partial charge in [-0.05, 0) is 32.6 Å². The van der Waals surface area contributed by atoms with Gasteiger partial charge in [-0.25, -0.2) is 4.68 Å². The van der Waals surface area contributed by atoms with Gasteiger partial charge in [0.2, 0.25) is 5.16 Å². The zero-order valence-corrected chi connectivity index (χ0v) is 9.97. The molecule has 0 aliphatic heterocycles. The van der Waals surface area contributed by atoms with Gasteiger partial charge in [-0.1, -0.05) is 0 Å². The summed E-state index contributed by atoms with van der Waals surface area (Å²) >= 11 is 1.12. The van der Waals surface area contributed by atoms with Crippen molar-refractivity contribution in [3.8, 4) is 0 Å². The highest BCUT2D eigenvalue weighted by Crippen LogP contribution is 2.23. The predicted molar refractivity (Wildman–Crippen MR) is 58.2 cm³/mol. The monoisotopic (exact) mass is 279 g/mol. The standard InChI is InChI=1S/C7H5N9O2S/c17-6(18)3-15-7(10-12-13-15)19-5-2-8-1-4-9-11-14-16(4)5/h1-2H,3H2,(H,17,18). The van der Waals surface area contributed by atoms with Crippen molar-refractivity contribution in [1.82, 2.24) is 45.2 Å². The van der Waals surface area contributed by atoms with Crippen LogP contribution in [0.25, 0.3) is 5.65 Å². The molecule has 0 fully saturated rings. The summed E-state index contributed by atoms with van der Waals surface area (Å²) in [4.78, 5) is 14.6. The van der Waals surface area contributed by atoms with E-state index >= 15 is 0 Å². The molecule has 11 nitrogen and oxygen atoms in total. The van der Waals surface area contributed by atoms with Gasteiger partial charge in [0.25, 0.3) is 0 Å². The zero-order valence-electron chi connectivity index (χ0n) is 9.15. The van der Waals surface area contributed by atoms with Crippen molar-refractivity contribution in [3.05, 3.63) is 12.4 Å². The number of carboxylic acid groups (broad SMARTS) is 1. The van der Waals surface area contributed by atoms with E-state index in [1.54, 1.807) is 0 Å².